The molecule has 2 rings (SSSR count). The highest BCUT2D eigenvalue weighted by molar-refractivity contribution is 9.10. The van der Waals surface area contributed by atoms with Crippen LogP contribution in [-0.4, -0.2) is 11.0 Å². The molecule has 0 saturated heterocycles. The van der Waals surface area contributed by atoms with Crippen LogP contribution in [0.2, 0.25) is 5.02 Å². The van der Waals surface area contributed by atoms with Gasteiger partial charge in [-0.3, -0.25) is 4.79 Å². The summed E-state index contributed by atoms with van der Waals surface area (Å²) in [5.74, 6) is -0.370. The van der Waals surface area contributed by atoms with E-state index in [0.29, 0.717) is 10.7 Å². The molecule has 2 N–H and O–H groups in total. The van der Waals surface area contributed by atoms with Gasteiger partial charge in [0.25, 0.3) is 5.91 Å². The average Bonchev–Trinajstić information content (AvgIpc) is 2.38. The van der Waals surface area contributed by atoms with Gasteiger partial charge in [-0.05, 0) is 52.7 Å². The molecule has 2 aromatic carbocycles. The number of aromatic hydroxyl groups is 1. The third-order valence-corrected chi connectivity index (χ3v) is 4.02. The molecule has 2 aromatic rings. The Balaban J connectivity index is 2.31. The van der Waals surface area contributed by atoms with Gasteiger partial charge in [0.1, 0.15) is 5.75 Å². The first-order chi connectivity index (χ1) is 8.99. The molecule has 0 bridgehead atoms. The zero-order chi connectivity index (χ0) is 14.0. The second kappa shape index (κ2) is 5.63. The minimum atomic E-state index is -0.368. The highest BCUT2D eigenvalue weighted by Crippen LogP contribution is 2.27. The van der Waals surface area contributed by atoms with Crippen LogP contribution in [0, 0.1) is 6.92 Å². The number of rotatable bonds is 2. The van der Waals surface area contributed by atoms with E-state index in [2.05, 4.69) is 21.2 Å². The number of phenolic OH excluding ortho intramolecular Hbond substituents is 1. The summed E-state index contributed by atoms with van der Waals surface area (Å²) in [6, 6.07) is 9.81. The Morgan fingerprint density at radius 1 is 1.32 bits per heavy atom. The van der Waals surface area contributed by atoms with E-state index < -0.39 is 0 Å². The van der Waals surface area contributed by atoms with E-state index in [4.69, 9.17) is 11.6 Å². The SMILES string of the molecule is Cc1cccc(NC(=O)c2cc(O)ccc2Cl)c1Br. The van der Waals surface area contributed by atoms with Gasteiger partial charge in [0.05, 0.1) is 16.3 Å². The second-order valence-corrected chi connectivity index (χ2v) is 5.25. The van der Waals surface area contributed by atoms with Crippen LogP contribution in [0.15, 0.2) is 40.9 Å². The predicted octanol–water partition coefficient (Wildman–Crippen LogP) is 4.37. The van der Waals surface area contributed by atoms with Gasteiger partial charge in [-0.25, -0.2) is 0 Å². The molecule has 0 fully saturated rings. The Morgan fingerprint density at radius 3 is 2.79 bits per heavy atom. The molecule has 0 saturated carbocycles. The molecule has 1 amide bonds. The van der Waals surface area contributed by atoms with Crippen LogP contribution in [0.25, 0.3) is 0 Å². The molecule has 0 aromatic heterocycles. The third kappa shape index (κ3) is 3.08. The topological polar surface area (TPSA) is 49.3 Å². The molecule has 0 spiro atoms. The number of amides is 1. The molecule has 0 heterocycles. The minimum absolute atomic E-state index is 0.00198. The van der Waals surface area contributed by atoms with Crippen molar-refractivity contribution in [3.8, 4) is 5.75 Å². The van der Waals surface area contributed by atoms with Gasteiger partial charge in [0.15, 0.2) is 0 Å². The molecular formula is C14H11BrClNO2. The molecule has 0 aliphatic rings. The lowest BCUT2D eigenvalue weighted by atomic mass is 10.1. The van der Waals surface area contributed by atoms with E-state index in [-0.39, 0.29) is 17.2 Å². The predicted molar refractivity (Wildman–Crippen MR) is 79.9 cm³/mol. The molecule has 0 unspecified atom stereocenters. The van der Waals surface area contributed by atoms with Crippen molar-refractivity contribution in [1.29, 1.82) is 0 Å². The fraction of sp³-hybridized carbons (Fsp3) is 0.0714. The van der Waals surface area contributed by atoms with Crippen molar-refractivity contribution < 1.29 is 9.90 Å². The number of carbonyl (C=O) groups is 1. The molecular weight excluding hydrogens is 330 g/mol. The van der Waals surface area contributed by atoms with Gasteiger partial charge < -0.3 is 10.4 Å². The summed E-state index contributed by atoms with van der Waals surface area (Å²) in [6.07, 6.45) is 0. The van der Waals surface area contributed by atoms with Crippen LogP contribution in [0.3, 0.4) is 0 Å². The number of halogens is 2. The molecule has 98 valence electrons. The maximum absolute atomic E-state index is 12.1. The average molecular weight is 341 g/mol. The highest BCUT2D eigenvalue weighted by Gasteiger charge is 2.13. The van der Waals surface area contributed by atoms with Gasteiger partial charge in [0, 0.05) is 4.47 Å². The molecule has 19 heavy (non-hydrogen) atoms. The van der Waals surface area contributed by atoms with Gasteiger partial charge in [-0.15, -0.1) is 0 Å². The fourth-order valence-electron chi connectivity index (χ4n) is 1.62. The molecule has 0 atom stereocenters. The zero-order valence-electron chi connectivity index (χ0n) is 10.1. The number of benzene rings is 2. The highest BCUT2D eigenvalue weighted by atomic mass is 79.9. The van der Waals surface area contributed by atoms with Gasteiger partial charge in [0.2, 0.25) is 0 Å². The van der Waals surface area contributed by atoms with Crippen LogP contribution in [-0.2, 0) is 0 Å². The monoisotopic (exact) mass is 339 g/mol. The van der Waals surface area contributed by atoms with Crippen molar-refractivity contribution in [2.45, 2.75) is 6.92 Å². The summed E-state index contributed by atoms with van der Waals surface area (Å²) in [4.78, 5) is 12.1. The van der Waals surface area contributed by atoms with Crippen LogP contribution in [0.1, 0.15) is 15.9 Å². The van der Waals surface area contributed by atoms with Crippen molar-refractivity contribution in [1.82, 2.24) is 0 Å². The normalized spacial score (nSPS) is 10.3. The Hall–Kier alpha value is -1.52. The summed E-state index contributed by atoms with van der Waals surface area (Å²) in [5, 5.41) is 12.4. The number of aryl methyl sites for hydroxylation is 1. The fourth-order valence-corrected chi connectivity index (χ4v) is 2.19. The summed E-state index contributed by atoms with van der Waals surface area (Å²) >= 11 is 9.36. The number of hydrogen-bond acceptors (Lipinski definition) is 2. The zero-order valence-corrected chi connectivity index (χ0v) is 12.4. The van der Waals surface area contributed by atoms with E-state index in [9.17, 15) is 9.90 Å². The lowest BCUT2D eigenvalue weighted by molar-refractivity contribution is 0.102. The van der Waals surface area contributed by atoms with Gasteiger partial charge >= 0.3 is 0 Å². The number of phenols is 1. The van der Waals surface area contributed by atoms with Crippen LogP contribution in [0.4, 0.5) is 5.69 Å². The molecule has 3 nitrogen and oxygen atoms in total. The number of hydrogen-bond donors (Lipinski definition) is 2. The minimum Gasteiger partial charge on any atom is -0.508 e. The molecule has 0 radical (unpaired) electrons. The standard InChI is InChI=1S/C14H11BrClNO2/c1-8-3-2-4-12(13(8)15)17-14(19)10-7-9(18)5-6-11(10)16/h2-7,18H,1H3,(H,17,19). The number of anilines is 1. The Bertz CT molecular complexity index is 643. The van der Waals surface area contributed by atoms with Crippen LogP contribution in [0.5, 0.6) is 5.75 Å². The Kier molecular flexibility index (Phi) is 4.12. The van der Waals surface area contributed by atoms with E-state index in [1.165, 1.54) is 18.2 Å². The van der Waals surface area contributed by atoms with Crippen molar-refractivity contribution >= 4 is 39.1 Å². The van der Waals surface area contributed by atoms with Crippen molar-refractivity contribution in [2.75, 3.05) is 5.32 Å². The smallest absolute Gasteiger partial charge is 0.257 e. The van der Waals surface area contributed by atoms with Crippen molar-refractivity contribution in [3.63, 3.8) is 0 Å². The summed E-state index contributed by atoms with van der Waals surface area (Å²) in [6.45, 7) is 1.93. The van der Waals surface area contributed by atoms with Crippen LogP contribution < -0.4 is 5.32 Å². The number of nitrogens with one attached hydrogen (secondary N) is 1. The third-order valence-electron chi connectivity index (χ3n) is 2.63. The van der Waals surface area contributed by atoms with E-state index in [1.807, 2.05) is 19.1 Å². The van der Waals surface area contributed by atoms with Crippen molar-refractivity contribution in [2.24, 2.45) is 0 Å². The molecule has 0 aliphatic heterocycles. The van der Waals surface area contributed by atoms with E-state index in [0.717, 1.165) is 10.0 Å². The quantitative estimate of drug-likeness (QED) is 0.853. The van der Waals surface area contributed by atoms with E-state index >= 15 is 0 Å². The number of carbonyl (C=O) groups excluding carboxylic acids is 1. The lowest BCUT2D eigenvalue weighted by Gasteiger charge is -2.10. The first-order valence-corrected chi connectivity index (χ1v) is 6.71. The maximum Gasteiger partial charge on any atom is 0.257 e. The van der Waals surface area contributed by atoms with E-state index in [1.54, 1.807) is 6.07 Å². The lowest BCUT2D eigenvalue weighted by Crippen LogP contribution is -2.13. The van der Waals surface area contributed by atoms with Crippen molar-refractivity contribution in [3.05, 3.63) is 57.0 Å². The summed E-state index contributed by atoms with van der Waals surface area (Å²) < 4.78 is 0.819. The summed E-state index contributed by atoms with van der Waals surface area (Å²) in [7, 11) is 0. The summed E-state index contributed by atoms with van der Waals surface area (Å²) in [5.41, 5.74) is 1.90. The van der Waals surface area contributed by atoms with Gasteiger partial charge in [-0.1, -0.05) is 23.7 Å². The molecule has 5 heteroatoms. The van der Waals surface area contributed by atoms with Gasteiger partial charge in [-0.2, -0.15) is 0 Å². The first-order valence-electron chi connectivity index (χ1n) is 5.54. The Labute approximate surface area is 124 Å². The maximum atomic E-state index is 12.1. The largest absolute Gasteiger partial charge is 0.508 e. The second-order valence-electron chi connectivity index (χ2n) is 4.05. The Morgan fingerprint density at radius 2 is 2.05 bits per heavy atom. The molecule has 0 aliphatic carbocycles. The van der Waals surface area contributed by atoms with Crippen LogP contribution >= 0.6 is 27.5 Å². The first kappa shape index (κ1) is 13.9.